The van der Waals surface area contributed by atoms with E-state index in [9.17, 15) is 5.11 Å². The molecule has 1 heterocycles. The van der Waals surface area contributed by atoms with Gasteiger partial charge in [0, 0.05) is 34.1 Å². The maximum atomic E-state index is 9.40. The van der Waals surface area contributed by atoms with E-state index in [0.29, 0.717) is 0 Å². The Bertz CT molecular complexity index is 705. The molecule has 102 valence electrons. The molecule has 3 rings (SSSR count). The summed E-state index contributed by atoms with van der Waals surface area (Å²) in [5.41, 5.74) is 3.60. The lowest BCUT2D eigenvalue weighted by molar-refractivity contribution is 0.282. The Morgan fingerprint density at radius 2 is 1.90 bits per heavy atom. The number of aromatic nitrogens is 1. The number of hydrogen-bond acceptors (Lipinski definition) is 1. The molecule has 1 atom stereocenters. The SMILES string of the molecule is OCCC(c1ccccc1)c1c[nH]c2ccc(Br)cc12. The van der Waals surface area contributed by atoms with Crippen LogP contribution in [0.5, 0.6) is 0 Å². The highest BCUT2D eigenvalue weighted by molar-refractivity contribution is 9.10. The number of hydrogen-bond donors (Lipinski definition) is 2. The van der Waals surface area contributed by atoms with Gasteiger partial charge in [0.15, 0.2) is 0 Å². The first kappa shape index (κ1) is 13.4. The van der Waals surface area contributed by atoms with E-state index in [0.717, 1.165) is 16.4 Å². The highest BCUT2D eigenvalue weighted by Gasteiger charge is 2.17. The van der Waals surface area contributed by atoms with Gasteiger partial charge >= 0.3 is 0 Å². The van der Waals surface area contributed by atoms with E-state index in [1.54, 1.807) is 0 Å². The minimum Gasteiger partial charge on any atom is -0.396 e. The Balaban J connectivity index is 2.12. The Labute approximate surface area is 126 Å². The van der Waals surface area contributed by atoms with Gasteiger partial charge in [-0.1, -0.05) is 46.3 Å². The molecule has 0 aliphatic carbocycles. The maximum absolute atomic E-state index is 9.40. The number of aromatic amines is 1. The van der Waals surface area contributed by atoms with Crippen molar-refractivity contribution in [2.45, 2.75) is 12.3 Å². The lowest BCUT2D eigenvalue weighted by atomic mass is 9.88. The van der Waals surface area contributed by atoms with E-state index in [4.69, 9.17) is 0 Å². The minimum atomic E-state index is 0.181. The van der Waals surface area contributed by atoms with Crippen LogP contribution in [-0.4, -0.2) is 16.7 Å². The minimum absolute atomic E-state index is 0.181. The summed E-state index contributed by atoms with van der Waals surface area (Å²) < 4.78 is 1.07. The monoisotopic (exact) mass is 329 g/mol. The fourth-order valence-corrected chi connectivity index (χ4v) is 3.08. The number of aliphatic hydroxyl groups excluding tert-OH is 1. The van der Waals surface area contributed by atoms with Crippen LogP contribution in [0.2, 0.25) is 0 Å². The fourth-order valence-electron chi connectivity index (χ4n) is 2.72. The molecule has 0 saturated heterocycles. The zero-order valence-corrected chi connectivity index (χ0v) is 12.6. The second-order valence-electron chi connectivity index (χ2n) is 4.91. The van der Waals surface area contributed by atoms with Crippen LogP contribution in [0.1, 0.15) is 23.5 Å². The highest BCUT2D eigenvalue weighted by atomic mass is 79.9. The molecule has 0 fully saturated rings. The van der Waals surface area contributed by atoms with E-state index >= 15 is 0 Å². The van der Waals surface area contributed by atoms with E-state index in [1.165, 1.54) is 16.5 Å². The molecular formula is C17H16BrNO. The van der Waals surface area contributed by atoms with E-state index in [2.05, 4.69) is 51.4 Å². The summed E-state index contributed by atoms with van der Waals surface area (Å²) in [4.78, 5) is 3.32. The van der Waals surface area contributed by atoms with Gasteiger partial charge < -0.3 is 10.1 Å². The lowest BCUT2D eigenvalue weighted by Crippen LogP contribution is -2.03. The van der Waals surface area contributed by atoms with Crippen molar-refractivity contribution in [3.63, 3.8) is 0 Å². The van der Waals surface area contributed by atoms with Crippen molar-refractivity contribution >= 4 is 26.8 Å². The average molecular weight is 330 g/mol. The predicted octanol–water partition coefficient (Wildman–Crippen LogP) is 4.44. The topological polar surface area (TPSA) is 36.0 Å². The van der Waals surface area contributed by atoms with Crippen LogP contribution in [0, 0.1) is 0 Å². The third-order valence-corrected chi connectivity index (χ3v) is 4.16. The quantitative estimate of drug-likeness (QED) is 0.729. The maximum Gasteiger partial charge on any atom is 0.0457 e. The van der Waals surface area contributed by atoms with Gasteiger partial charge in [-0.25, -0.2) is 0 Å². The molecule has 0 amide bonds. The van der Waals surface area contributed by atoms with E-state index in [-0.39, 0.29) is 12.5 Å². The zero-order valence-electron chi connectivity index (χ0n) is 11.0. The van der Waals surface area contributed by atoms with E-state index < -0.39 is 0 Å². The molecule has 2 nitrogen and oxygen atoms in total. The zero-order chi connectivity index (χ0) is 13.9. The molecule has 0 radical (unpaired) electrons. The van der Waals surface area contributed by atoms with Crippen LogP contribution in [0.25, 0.3) is 10.9 Å². The number of rotatable bonds is 4. The van der Waals surface area contributed by atoms with Crippen molar-refractivity contribution in [3.05, 3.63) is 70.3 Å². The standard InChI is InChI=1S/C17H16BrNO/c18-13-6-7-17-15(10-13)16(11-19-17)14(8-9-20)12-4-2-1-3-5-12/h1-7,10-11,14,19-20H,8-9H2. The Kier molecular flexibility index (Phi) is 3.90. The van der Waals surface area contributed by atoms with Gasteiger partial charge in [0.2, 0.25) is 0 Å². The first-order valence-electron chi connectivity index (χ1n) is 6.72. The molecule has 3 aromatic rings. The fraction of sp³-hybridized carbons (Fsp3) is 0.176. The number of halogens is 1. The van der Waals surface area contributed by atoms with Crippen molar-refractivity contribution in [2.24, 2.45) is 0 Å². The molecule has 1 unspecified atom stereocenters. The second kappa shape index (κ2) is 5.81. The second-order valence-corrected chi connectivity index (χ2v) is 5.83. The molecule has 2 N–H and O–H groups in total. The highest BCUT2D eigenvalue weighted by Crippen LogP contribution is 2.34. The van der Waals surface area contributed by atoms with Crippen molar-refractivity contribution in [2.75, 3.05) is 6.61 Å². The van der Waals surface area contributed by atoms with Crippen molar-refractivity contribution in [3.8, 4) is 0 Å². The predicted molar refractivity (Wildman–Crippen MR) is 86.0 cm³/mol. The van der Waals surface area contributed by atoms with Crippen molar-refractivity contribution in [1.82, 2.24) is 4.98 Å². The molecule has 0 spiro atoms. The number of nitrogens with one attached hydrogen (secondary N) is 1. The average Bonchev–Trinajstić information content (AvgIpc) is 2.88. The third kappa shape index (κ3) is 2.51. The van der Waals surface area contributed by atoms with Crippen LogP contribution in [0.15, 0.2) is 59.2 Å². The number of H-pyrrole nitrogens is 1. The molecule has 0 saturated carbocycles. The summed E-state index contributed by atoms with van der Waals surface area (Å²) in [5, 5.41) is 10.6. The summed E-state index contributed by atoms with van der Waals surface area (Å²) in [7, 11) is 0. The van der Waals surface area contributed by atoms with Gasteiger partial charge in [-0.05, 0) is 35.7 Å². The first-order chi connectivity index (χ1) is 9.79. The van der Waals surface area contributed by atoms with Gasteiger partial charge in [0.1, 0.15) is 0 Å². The van der Waals surface area contributed by atoms with Gasteiger partial charge in [0.25, 0.3) is 0 Å². The number of fused-ring (bicyclic) bond motifs is 1. The Morgan fingerprint density at radius 3 is 2.65 bits per heavy atom. The van der Waals surface area contributed by atoms with Gasteiger partial charge in [-0.15, -0.1) is 0 Å². The molecule has 0 aliphatic rings. The smallest absolute Gasteiger partial charge is 0.0457 e. The summed E-state index contributed by atoms with van der Waals surface area (Å²) >= 11 is 3.53. The normalized spacial score (nSPS) is 12.7. The lowest BCUT2D eigenvalue weighted by Gasteiger charge is -2.16. The van der Waals surface area contributed by atoms with Crippen molar-refractivity contribution < 1.29 is 5.11 Å². The molecule has 2 aromatic carbocycles. The molecule has 0 aliphatic heterocycles. The Hall–Kier alpha value is -1.58. The Morgan fingerprint density at radius 1 is 1.10 bits per heavy atom. The van der Waals surface area contributed by atoms with Gasteiger partial charge in [-0.3, -0.25) is 0 Å². The van der Waals surface area contributed by atoms with Crippen molar-refractivity contribution in [1.29, 1.82) is 0 Å². The van der Waals surface area contributed by atoms with Crippen LogP contribution >= 0.6 is 15.9 Å². The van der Waals surface area contributed by atoms with Crippen LogP contribution < -0.4 is 0 Å². The molecule has 20 heavy (non-hydrogen) atoms. The van der Waals surface area contributed by atoms with Crippen LogP contribution in [0.4, 0.5) is 0 Å². The number of aliphatic hydroxyl groups is 1. The first-order valence-corrected chi connectivity index (χ1v) is 7.51. The molecule has 0 bridgehead atoms. The largest absolute Gasteiger partial charge is 0.396 e. The number of benzene rings is 2. The molecular weight excluding hydrogens is 314 g/mol. The van der Waals surface area contributed by atoms with Gasteiger partial charge in [0.05, 0.1) is 0 Å². The van der Waals surface area contributed by atoms with Crippen LogP contribution in [0.3, 0.4) is 0 Å². The summed E-state index contributed by atoms with van der Waals surface area (Å²) in [6, 6.07) is 16.6. The summed E-state index contributed by atoms with van der Waals surface area (Å²) in [6.07, 6.45) is 2.79. The van der Waals surface area contributed by atoms with Gasteiger partial charge in [-0.2, -0.15) is 0 Å². The third-order valence-electron chi connectivity index (χ3n) is 3.67. The molecule has 1 aromatic heterocycles. The summed E-state index contributed by atoms with van der Waals surface area (Å²) in [5.74, 6) is 0.212. The van der Waals surface area contributed by atoms with E-state index in [1.807, 2.05) is 24.3 Å². The summed E-state index contributed by atoms with van der Waals surface area (Å²) in [6.45, 7) is 0.181. The van der Waals surface area contributed by atoms with Crippen LogP contribution in [-0.2, 0) is 0 Å². The molecule has 3 heteroatoms.